The standard InChI is InChI=1S/C25H36N6O3.ClH/c1-17(2)30(25(33)34)24-13-18(3)31(19(4)32)23-6-5-20(14-22(23)24)21-15-27-29(16-21)12-11-28-9-7-26-8-10-28;/h5-6,14-18,24,26H,7-13H2,1-4H3,(H,33,34);1H. The van der Waals surface area contributed by atoms with Crippen molar-refractivity contribution in [1.29, 1.82) is 0 Å². The molecule has 2 atom stereocenters. The summed E-state index contributed by atoms with van der Waals surface area (Å²) < 4.78 is 1.97. The number of halogens is 1. The van der Waals surface area contributed by atoms with Gasteiger partial charge in [-0.05, 0) is 50.5 Å². The normalized spacial score (nSPS) is 20.3. The van der Waals surface area contributed by atoms with Crippen molar-refractivity contribution in [1.82, 2.24) is 24.9 Å². The number of nitrogens with zero attached hydrogens (tertiary/aromatic N) is 5. The fourth-order valence-corrected chi connectivity index (χ4v) is 5.28. The highest BCUT2D eigenvalue weighted by Crippen LogP contribution is 2.43. The van der Waals surface area contributed by atoms with Crippen LogP contribution in [-0.4, -0.2) is 81.5 Å². The minimum absolute atomic E-state index is 0. The summed E-state index contributed by atoms with van der Waals surface area (Å²) in [5.41, 5.74) is 3.62. The van der Waals surface area contributed by atoms with Crippen molar-refractivity contribution in [3.05, 3.63) is 36.2 Å². The van der Waals surface area contributed by atoms with E-state index in [4.69, 9.17) is 0 Å². The number of carbonyl (C=O) groups is 2. The fourth-order valence-electron chi connectivity index (χ4n) is 5.28. The molecule has 192 valence electrons. The van der Waals surface area contributed by atoms with Crippen LogP contribution in [0.1, 0.15) is 45.7 Å². The molecule has 4 rings (SSSR count). The van der Waals surface area contributed by atoms with Gasteiger partial charge < -0.3 is 15.3 Å². The van der Waals surface area contributed by atoms with E-state index in [2.05, 4.69) is 15.3 Å². The number of benzene rings is 1. The van der Waals surface area contributed by atoms with Crippen molar-refractivity contribution in [2.45, 2.75) is 58.8 Å². The first-order valence-electron chi connectivity index (χ1n) is 12.2. The van der Waals surface area contributed by atoms with Crippen LogP contribution < -0.4 is 10.2 Å². The molecular formula is C25H37ClN6O3. The molecule has 2 aromatic rings. The molecule has 1 aromatic carbocycles. The lowest BCUT2D eigenvalue weighted by molar-refractivity contribution is -0.117. The lowest BCUT2D eigenvalue weighted by atomic mass is 9.88. The largest absolute Gasteiger partial charge is 0.465 e. The molecule has 2 unspecified atom stereocenters. The zero-order valence-electron chi connectivity index (χ0n) is 21.0. The van der Waals surface area contributed by atoms with Gasteiger partial charge in [0.2, 0.25) is 5.91 Å². The number of fused-ring (bicyclic) bond motifs is 1. The highest BCUT2D eigenvalue weighted by Gasteiger charge is 2.38. The van der Waals surface area contributed by atoms with E-state index in [1.165, 1.54) is 4.90 Å². The van der Waals surface area contributed by atoms with Crippen LogP contribution in [0.5, 0.6) is 0 Å². The van der Waals surface area contributed by atoms with Crippen molar-refractivity contribution in [2.24, 2.45) is 0 Å². The second-order valence-corrected chi connectivity index (χ2v) is 9.63. The molecule has 10 heteroatoms. The highest BCUT2D eigenvalue weighted by molar-refractivity contribution is 5.94. The average Bonchev–Trinajstić information content (AvgIpc) is 3.26. The zero-order valence-corrected chi connectivity index (χ0v) is 21.8. The van der Waals surface area contributed by atoms with Crippen LogP contribution in [0.2, 0.25) is 0 Å². The van der Waals surface area contributed by atoms with Gasteiger partial charge in [0.1, 0.15) is 0 Å². The minimum Gasteiger partial charge on any atom is -0.465 e. The minimum atomic E-state index is -0.944. The lowest BCUT2D eigenvalue weighted by Crippen LogP contribution is -2.48. The third-order valence-corrected chi connectivity index (χ3v) is 6.92. The molecule has 0 bridgehead atoms. The number of piperazine rings is 1. The second kappa shape index (κ2) is 11.4. The number of nitrogens with one attached hydrogen (secondary N) is 1. The molecule has 1 saturated heterocycles. The smallest absolute Gasteiger partial charge is 0.408 e. The van der Waals surface area contributed by atoms with Crippen LogP contribution in [0, 0.1) is 0 Å². The Kier molecular flexibility index (Phi) is 8.79. The third-order valence-electron chi connectivity index (χ3n) is 6.92. The quantitative estimate of drug-likeness (QED) is 0.625. The van der Waals surface area contributed by atoms with Crippen molar-refractivity contribution in [3.8, 4) is 11.1 Å². The van der Waals surface area contributed by atoms with Gasteiger partial charge in [-0.3, -0.25) is 19.3 Å². The maximum Gasteiger partial charge on any atom is 0.408 e. The number of carbonyl (C=O) groups excluding carboxylic acids is 1. The Morgan fingerprint density at radius 3 is 2.54 bits per heavy atom. The molecule has 3 heterocycles. The maximum atomic E-state index is 12.5. The Labute approximate surface area is 213 Å². The Morgan fingerprint density at radius 2 is 1.91 bits per heavy atom. The summed E-state index contributed by atoms with van der Waals surface area (Å²) in [6.07, 6.45) is 3.52. The van der Waals surface area contributed by atoms with Gasteiger partial charge in [0.05, 0.1) is 18.8 Å². The summed E-state index contributed by atoms with van der Waals surface area (Å²) in [4.78, 5) is 30.3. The van der Waals surface area contributed by atoms with Gasteiger partial charge in [-0.15, -0.1) is 12.4 Å². The number of hydrogen-bond donors (Lipinski definition) is 2. The molecule has 35 heavy (non-hydrogen) atoms. The molecule has 1 fully saturated rings. The first kappa shape index (κ1) is 27.0. The number of amides is 2. The van der Waals surface area contributed by atoms with Gasteiger partial charge in [-0.1, -0.05) is 6.07 Å². The van der Waals surface area contributed by atoms with Gasteiger partial charge in [-0.2, -0.15) is 5.10 Å². The molecule has 0 radical (unpaired) electrons. The predicted octanol–water partition coefficient (Wildman–Crippen LogP) is 3.45. The number of hydrogen-bond acceptors (Lipinski definition) is 5. The predicted molar refractivity (Wildman–Crippen MR) is 139 cm³/mol. The van der Waals surface area contributed by atoms with Gasteiger partial charge in [0.15, 0.2) is 0 Å². The van der Waals surface area contributed by atoms with Crippen LogP contribution in [0.4, 0.5) is 10.5 Å². The Bertz CT molecular complexity index is 1040. The van der Waals surface area contributed by atoms with Crippen LogP contribution >= 0.6 is 12.4 Å². The fraction of sp³-hybridized carbons (Fsp3) is 0.560. The summed E-state index contributed by atoms with van der Waals surface area (Å²) in [7, 11) is 0. The van der Waals surface area contributed by atoms with E-state index < -0.39 is 6.09 Å². The lowest BCUT2D eigenvalue weighted by Gasteiger charge is -2.43. The Hall–Kier alpha value is -2.62. The van der Waals surface area contributed by atoms with E-state index in [-0.39, 0.29) is 36.4 Å². The molecule has 2 N–H and O–H groups in total. The summed E-state index contributed by atoms with van der Waals surface area (Å²) in [6, 6.07) is 5.41. The SMILES string of the molecule is CC(=O)N1c2ccc(-c3cnn(CCN4CCNCC4)c3)cc2C(N(C(=O)O)C(C)C)CC1C.Cl. The Balaban J connectivity index is 0.00000342. The first-order valence-corrected chi connectivity index (χ1v) is 12.2. The maximum absolute atomic E-state index is 12.5. The van der Waals surface area contributed by atoms with Gasteiger partial charge in [0.25, 0.3) is 0 Å². The number of carboxylic acid groups (broad SMARTS) is 1. The van der Waals surface area contributed by atoms with Crippen molar-refractivity contribution in [3.63, 3.8) is 0 Å². The number of rotatable bonds is 6. The number of aromatic nitrogens is 2. The van der Waals surface area contributed by atoms with E-state index in [0.717, 1.165) is 61.6 Å². The van der Waals surface area contributed by atoms with Crippen molar-refractivity contribution < 1.29 is 14.7 Å². The van der Waals surface area contributed by atoms with E-state index in [1.54, 1.807) is 11.8 Å². The summed E-state index contributed by atoms with van der Waals surface area (Å²) in [5.74, 6) is -0.0351. The van der Waals surface area contributed by atoms with Gasteiger partial charge >= 0.3 is 6.09 Å². The van der Waals surface area contributed by atoms with E-state index in [9.17, 15) is 14.7 Å². The van der Waals surface area contributed by atoms with Crippen LogP contribution in [0.3, 0.4) is 0 Å². The van der Waals surface area contributed by atoms with E-state index in [0.29, 0.717) is 6.42 Å². The molecule has 2 aliphatic rings. The third kappa shape index (κ3) is 5.79. The van der Waals surface area contributed by atoms with Crippen LogP contribution in [-0.2, 0) is 11.3 Å². The topological polar surface area (TPSA) is 93.9 Å². The molecule has 2 aliphatic heterocycles. The summed E-state index contributed by atoms with van der Waals surface area (Å²) in [5, 5.41) is 17.9. The van der Waals surface area contributed by atoms with Gasteiger partial charge in [0, 0.05) is 69.2 Å². The summed E-state index contributed by atoms with van der Waals surface area (Å²) in [6.45, 7) is 13.3. The molecule has 1 aromatic heterocycles. The second-order valence-electron chi connectivity index (χ2n) is 9.63. The highest BCUT2D eigenvalue weighted by atomic mass is 35.5. The van der Waals surface area contributed by atoms with Crippen molar-refractivity contribution in [2.75, 3.05) is 37.6 Å². The van der Waals surface area contributed by atoms with Crippen LogP contribution in [0.25, 0.3) is 11.1 Å². The average molecular weight is 505 g/mol. The monoisotopic (exact) mass is 504 g/mol. The number of anilines is 1. The van der Waals surface area contributed by atoms with E-state index in [1.807, 2.05) is 56.0 Å². The van der Waals surface area contributed by atoms with Gasteiger partial charge in [-0.25, -0.2) is 4.79 Å². The molecule has 0 aliphatic carbocycles. The molecule has 0 saturated carbocycles. The Morgan fingerprint density at radius 1 is 1.20 bits per heavy atom. The molecule has 0 spiro atoms. The zero-order chi connectivity index (χ0) is 24.4. The summed E-state index contributed by atoms with van der Waals surface area (Å²) >= 11 is 0. The van der Waals surface area contributed by atoms with E-state index >= 15 is 0 Å². The molecule has 9 nitrogen and oxygen atoms in total. The first-order chi connectivity index (χ1) is 16.3. The van der Waals surface area contributed by atoms with Crippen molar-refractivity contribution >= 4 is 30.1 Å². The van der Waals surface area contributed by atoms with Crippen LogP contribution in [0.15, 0.2) is 30.6 Å². The molecular weight excluding hydrogens is 468 g/mol. The molecule has 2 amide bonds.